The van der Waals surface area contributed by atoms with Crippen LogP contribution in [0, 0.1) is 13.8 Å². The van der Waals surface area contributed by atoms with Crippen LogP contribution in [-0.4, -0.2) is 33.2 Å². The first-order chi connectivity index (χ1) is 13.5. The second-order valence-electron chi connectivity index (χ2n) is 7.57. The molecule has 3 aromatic carbocycles. The molecule has 140 valence electrons. The summed E-state index contributed by atoms with van der Waals surface area (Å²) in [5, 5.41) is 12.8. The third-order valence-corrected chi connectivity index (χ3v) is 5.69. The summed E-state index contributed by atoms with van der Waals surface area (Å²) < 4.78 is 1.96. The van der Waals surface area contributed by atoms with E-state index in [0.717, 1.165) is 27.5 Å². The zero-order chi connectivity index (χ0) is 19.4. The maximum absolute atomic E-state index is 12.9. The van der Waals surface area contributed by atoms with Gasteiger partial charge in [0.2, 0.25) is 0 Å². The summed E-state index contributed by atoms with van der Waals surface area (Å²) in [7, 11) is 0. The number of aryl methyl sites for hydroxylation is 2. The van der Waals surface area contributed by atoms with Crippen LogP contribution in [0.15, 0.2) is 54.9 Å². The molecule has 5 rings (SSSR count). The Morgan fingerprint density at radius 2 is 1.79 bits per heavy atom. The molecule has 0 aliphatic carbocycles. The summed E-state index contributed by atoms with van der Waals surface area (Å²) >= 11 is 0. The van der Waals surface area contributed by atoms with Gasteiger partial charge < -0.3 is 14.6 Å². The molecule has 2 heterocycles. The van der Waals surface area contributed by atoms with Gasteiger partial charge in [-0.3, -0.25) is 4.79 Å². The van der Waals surface area contributed by atoms with Crippen molar-refractivity contribution in [1.82, 2.24) is 9.55 Å². The minimum absolute atomic E-state index is 0.0483. The van der Waals surface area contributed by atoms with Crippen molar-refractivity contribution in [1.29, 1.82) is 0 Å². The number of fused-ring (bicyclic) bond motifs is 1. The summed E-state index contributed by atoms with van der Waals surface area (Å²) in [6.07, 6.45) is 1.06. The largest absolute Gasteiger partial charge is 0.389 e. The Morgan fingerprint density at radius 1 is 1.04 bits per heavy atom. The lowest BCUT2D eigenvalue weighted by Crippen LogP contribution is -2.36. The fourth-order valence-corrected chi connectivity index (χ4v) is 4.11. The van der Waals surface area contributed by atoms with Gasteiger partial charge in [0.1, 0.15) is 0 Å². The van der Waals surface area contributed by atoms with Crippen LogP contribution in [-0.2, 0) is 6.54 Å². The number of aliphatic hydroxyl groups excluding tert-OH is 1. The van der Waals surface area contributed by atoms with Gasteiger partial charge in [-0.1, -0.05) is 24.3 Å². The van der Waals surface area contributed by atoms with E-state index < -0.39 is 6.10 Å². The number of hydrogen-bond donors (Lipinski definition) is 1. The molecule has 1 atom stereocenters. The monoisotopic (exact) mass is 371 g/mol. The van der Waals surface area contributed by atoms with E-state index in [2.05, 4.69) is 31.0 Å². The Hall–Kier alpha value is -3.18. The summed E-state index contributed by atoms with van der Waals surface area (Å²) in [4.78, 5) is 19.1. The molecule has 0 fully saturated rings. The first kappa shape index (κ1) is 17.0. The molecule has 4 aromatic rings. The fourth-order valence-electron chi connectivity index (χ4n) is 4.11. The van der Waals surface area contributed by atoms with E-state index in [4.69, 9.17) is 0 Å². The molecule has 5 nitrogen and oxygen atoms in total. The van der Waals surface area contributed by atoms with E-state index in [0.29, 0.717) is 12.1 Å². The van der Waals surface area contributed by atoms with Crippen molar-refractivity contribution in [2.45, 2.75) is 26.5 Å². The number of aliphatic hydroxyl groups is 1. The second kappa shape index (κ2) is 6.17. The topological polar surface area (TPSA) is 58.4 Å². The Morgan fingerprint density at radius 3 is 2.61 bits per heavy atom. The molecule has 1 amide bonds. The van der Waals surface area contributed by atoms with Crippen LogP contribution in [0.25, 0.3) is 21.8 Å². The van der Waals surface area contributed by atoms with E-state index in [9.17, 15) is 9.90 Å². The number of amides is 1. The van der Waals surface area contributed by atoms with Crippen LogP contribution in [0.2, 0.25) is 0 Å². The molecule has 5 heteroatoms. The first-order valence-corrected chi connectivity index (χ1v) is 9.46. The van der Waals surface area contributed by atoms with Crippen molar-refractivity contribution >= 4 is 33.4 Å². The lowest BCUT2D eigenvalue weighted by Gasteiger charge is -2.22. The average molecular weight is 371 g/mol. The standard InChI is InChI=1S/C23H21N3O2/c1-14-9-19-21(10-15(14)2)25(13-24-19)11-17(27)12-26-20-8-4-6-16-5-3-7-18(22(16)20)23(26)28/h3-10,13,17,27H,11-12H2,1-2H3. The number of rotatable bonds is 4. The van der Waals surface area contributed by atoms with E-state index in [-0.39, 0.29) is 12.5 Å². The third kappa shape index (κ3) is 2.51. The third-order valence-electron chi connectivity index (χ3n) is 5.69. The summed E-state index contributed by atoms with van der Waals surface area (Å²) in [6, 6.07) is 15.8. The molecule has 0 spiro atoms. The SMILES string of the molecule is Cc1cc2ncn(CC(O)CN3C(=O)c4cccc5cccc3c45)c2cc1C. The molecule has 1 N–H and O–H groups in total. The van der Waals surface area contributed by atoms with E-state index in [1.54, 1.807) is 11.2 Å². The van der Waals surface area contributed by atoms with Gasteiger partial charge in [0.15, 0.2) is 0 Å². The van der Waals surface area contributed by atoms with E-state index in [1.165, 1.54) is 11.1 Å². The number of hydrogen-bond acceptors (Lipinski definition) is 3. The molecular formula is C23H21N3O2. The van der Waals surface area contributed by atoms with Crippen molar-refractivity contribution in [3.63, 3.8) is 0 Å². The zero-order valence-corrected chi connectivity index (χ0v) is 15.9. The highest BCUT2D eigenvalue weighted by atomic mass is 16.3. The predicted octanol–water partition coefficient (Wildman–Crippen LogP) is 3.83. The minimum atomic E-state index is -0.701. The van der Waals surface area contributed by atoms with Crippen molar-refractivity contribution in [3.8, 4) is 0 Å². The molecule has 1 unspecified atom stereocenters. The number of imidazole rings is 1. The van der Waals surface area contributed by atoms with Crippen LogP contribution in [0.5, 0.6) is 0 Å². The fraction of sp³-hybridized carbons (Fsp3) is 0.217. The summed E-state index contributed by atoms with van der Waals surface area (Å²) in [5.41, 5.74) is 5.90. The first-order valence-electron chi connectivity index (χ1n) is 9.46. The van der Waals surface area contributed by atoms with Crippen molar-refractivity contribution in [2.75, 3.05) is 11.4 Å². The van der Waals surface area contributed by atoms with Gasteiger partial charge in [-0.2, -0.15) is 0 Å². The van der Waals surface area contributed by atoms with Crippen LogP contribution < -0.4 is 4.90 Å². The maximum atomic E-state index is 12.9. The summed E-state index contributed by atoms with van der Waals surface area (Å²) in [5.74, 6) is -0.0483. The van der Waals surface area contributed by atoms with E-state index in [1.807, 2.05) is 41.0 Å². The second-order valence-corrected chi connectivity index (χ2v) is 7.57. The number of aromatic nitrogens is 2. The van der Waals surface area contributed by atoms with Gasteiger partial charge in [-0.05, 0) is 54.6 Å². The van der Waals surface area contributed by atoms with Gasteiger partial charge in [0.05, 0.1) is 42.2 Å². The smallest absolute Gasteiger partial charge is 0.259 e. The molecule has 1 aliphatic heterocycles. The molecule has 28 heavy (non-hydrogen) atoms. The number of benzene rings is 3. The predicted molar refractivity (Wildman–Crippen MR) is 111 cm³/mol. The molecule has 0 bridgehead atoms. The normalized spacial score (nSPS) is 14.4. The lowest BCUT2D eigenvalue weighted by atomic mass is 10.1. The number of nitrogens with zero attached hydrogens (tertiary/aromatic N) is 3. The maximum Gasteiger partial charge on any atom is 0.259 e. The number of anilines is 1. The molecular weight excluding hydrogens is 350 g/mol. The molecule has 1 aliphatic rings. The average Bonchev–Trinajstić information content (AvgIpc) is 3.18. The molecule has 0 radical (unpaired) electrons. The molecule has 0 saturated heterocycles. The Labute approximate surface area is 162 Å². The van der Waals surface area contributed by atoms with Crippen LogP contribution in [0.1, 0.15) is 21.5 Å². The van der Waals surface area contributed by atoms with Crippen LogP contribution in [0.4, 0.5) is 5.69 Å². The van der Waals surface area contributed by atoms with E-state index >= 15 is 0 Å². The highest BCUT2D eigenvalue weighted by Gasteiger charge is 2.30. The zero-order valence-electron chi connectivity index (χ0n) is 15.9. The van der Waals surface area contributed by atoms with Crippen LogP contribution >= 0.6 is 0 Å². The quantitative estimate of drug-likeness (QED) is 0.593. The Bertz CT molecular complexity index is 1240. The van der Waals surface area contributed by atoms with Crippen LogP contribution in [0.3, 0.4) is 0 Å². The van der Waals surface area contributed by atoms with Gasteiger partial charge >= 0.3 is 0 Å². The number of carbonyl (C=O) groups is 1. The van der Waals surface area contributed by atoms with Gasteiger partial charge in [-0.25, -0.2) is 4.98 Å². The Kier molecular flexibility index (Phi) is 3.74. The summed E-state index contributed by atoms with van der Waals surface area (Å²) in [6.45, 7) is 4.77. The number of carbonyl (C=O) groups excluding carboxylic acids is 1. The van der Waals surface area contributed by atoms with Crippen molar-refractivity contribution < 1.29 is 9.90 Å². The van der Waals surface area contributed by atoms with Crippen molar-refractivity contribution in [3.05, 3.63) is 71.5 Å². The molecule has 0 saturated carbocycles. The van der Waals surface area contributed by atoms with Gasteiger partial charge in [0, 0.05) is 10.9 Å². The highest BCUT2D eigenvalue weighted by molar-refractivity contribution is 6.25. The molecule has 1 aromatic heterocycles. The highest BCUT2D eigenvalue weighted by Crippen LogP contribution is 2.37. The minimum Gasteiger partial charge on any atom is -0.389 e. The number of β-amino-alcohol motifs (C(OH)–C–C–N with tert-alkyl or cyclic N) is 1. The Balaban J connectivity index is 1.43. The van der Waals surface area contributed by atoms with Crippen molar-refractivity contribution in [2.24, 2.45) is 0 Å². The van der Waals surface area contributed by atoms with Gasteiger partial charge in [-0.15, -0.1) is 0 Å². The van der Waals surface area contributed by atoms with Gasteiger partial charge in [0.25, 0.3) is 5.91 Å². The lowest BCUT2D eigenvalue weighted by molar-refractivity contribution is 0.0961.